The Morgan fingerprint density at radius 2 is 1.91 bits per heavy atom. The first-order valence-corrected chi connectivity index (χ1v) is 15.3. The van der Waals surface area contributed by atoms with Crippen LogP contribution in [0.2, 0.25) is 0 Å². The second-order valence-corrected chi connectivity index (χ2v) is 11.5. The summed E-state index contributed by atoms with van der Waals surface area (Å²) < 4.78 is 11.0. The molecule has 7 rings (SSSR count). The van der Waals surface area contributed by atoms with Crippen molar-refractivity contribution in [1.29, 1.82) is 0 Å². The lowest BCUT2D eigenvalue weighted by molar-refractivity contribution is 0.0941. The van der Waals surface area contributed by atoms with Crippen LogP contribution in [0.25, 0.3) is 22.1 Å². The molecule has 2 aromatic carbocycles. The molecular weight excluding hydrogens is 586 g/mol. The molecule has 4 aromatic heterocycles. The minimum atomic E-state index is -0.538. The van der Waals surface area contributed by atoms with Crippen molar-refractivity contribution in [3.05, 3.63) is 117 Å². The van der Waals surface area contributed by atoms with Gasteiger partial charge in [0.2, 0.25) is 0 Å². The molecule has 0 bridgehead atoms. The number of pyridine rings is 1. The highest BCUT2D eigenvalue weighted by Gasteiger charge is 2.30. The van der Waals surface area contributed by atoms with Gasteiger partial charge in [0, 0.05) is 49.0 Å². The maximum atomic E-state index is 14.6. The Hall–Kier alpha value is -5.38. The molecule has 224 valence electrons. The van der Waals surface area contributed by atoms with Crippen LogP contribution < -0.4 is 20.3 Å². The number of benzene rings is 2. The first kappa shape index (κ1) is 28.4. The molecule has 1 unspecified atom stereocenters. The van der Waals surface area contributed by atoms with E-state index in [-0.39, 0.29) is 11.5 Å². The van der Waals surface area contributed by atoms with Gasteiger partial charge in [0.05, 0.1) is 28.9 Å². The number of nitrogens with zero attached hydrogens (tertiary/aromatic N) is 6. The zero-order valence-corrected chi connectivity index (χ0v) is 25.6. The summed E-state index contributed by atoms with van der Waals surface area (Å²) in [6, 6.07) is 14.7. The average Bonchev–Trinajstić information content (AvgIpc) is 3.77. The predicted octanol–water partition coefficient (Wildman–Crippen LogP) is 3.95. The number of rotatable bonds is 7. The van der Waals surface area contributed by atoms with E-state index in [0.717, 1.165) is 40.6 Å². The summed E-state index contributed by atoms with van der Waals surface area (Å²) in [4.78, 5) is 33.0. The summed E-state index contributed by atoms with van der Waals surface area (Å²) in [5, 5.41) is 13.4. The summed E-state index contributed by atoms with van der Waals surface area (Å²) in [5.74, 6) is 6.43. The normalized spacial score (nSPS) is 12.7. The van der Waals surface area contributed by atoms with Crippen LogP contribution in [-0.2, 0) is 19.9 Å². The lowest BCUT2D eigenvalue weighted by Gasteiger charge is -2.24. The maximum absolute atomic E-state index is 14.6. The maximum Gasteiger partial charge on any atom is 0.264 e. The van der Waals surface area contributed by atoms with Gasteiger partial charge in [-0.1, -0.05) is 36.1 Å². The van der Waals surface area contributed by atoms with E-state index in [1.807, 2.05) is 56.6 Å². The summed E-state index contributed by atoms with van der Waals surface area (Å²) in [6.07, 6.45) is 8.44. The van der Waals surface area contributed by atoms with E-state index < -0.39 is 6.04 Å². The van der Waals surface area contributed by atoms with Crippen LogP contribution in [0.15, 0.2) is 78.1 Å². The Labute approximate surface area is 262 Å². The quantitative estimate of drug-likeness (QED) is 0.182. The molecule has 1 aliphatic rings. The van der Waals surface area contributed by atoms with Crippen molar-refractivity contribution in [3.63, 3.8) is 0 Å². The van der Waals surface area contributed by atoms with Gasteiger partial charge in [0.15, 0.2) is 11.5 Å². The number of carbonyl (C=O) groups is 1. The number of hydrogen-bond acceptors (Lipinski definition) is 8. The number of hydrogen-bond donors (Lipinski definition) is 3. The van der Waals surface area contributed by atoms with E-state index in [9.17, 15) is 9.59 Å². The zero-order valence-electron chi connectivity index (χ0n) is 24.8. The number of aromatic nitrogens is 6. The molecule has 12 heteroatoms. The Bertz CT molecular complexity index is 2220. The van der Waals surface area contributed by atoms with Crippen molar-refractivity contribution in [2.75, 3.05) is 11.8 Å². The molecule has 0 spiro atoms. The molecule has 0 fully saturated rings. The largest absolute Gasteiger partial charge is 0.344 e. The van der Waals surface area contributed by atoms with Gasteiger partial charge < -0.3 is 5.32 Å². The summed E-state index contributed by atoms with van der Waals surface area (Å²) in [7, 11) is 3.61. The van der Waals surface area contributed by atoms with Crippen LogP contribution in [0.5, 0.6) is 0 Å². The number of nitrogens with one attached hydrogen (secondary N) is 3. The lowest BCUT2D eigenvalue weighted by atomic mass is 9.97. The third-order valence-corrected chi connectivity index (χ3v) is 8.40. The fourth-order valence-corrected chi connectivity index (χ4v) is 6.38. The van der Waals surface area contributed by atoms with Crippen LogP contribution in [-0.4, -0.2) is 41.9 Å². The molecule has 0 saturated heterocycles. The average molecular weight is 616 g/mol. The standard InChI is InChI=1S/C33H29N9O2S/c1-20(37-32(43)28-30(39-45-34-2)38-41-17-7-16-35-31(28)41)29-25-15-14-22-12-13-23(11-10-21-18-36-40(3)19-21)27(26(22)25)33(44)42(29)24-8-5-4-6-9-24/h4-9,12-13,16-20,34H,14-15H2,1-3H3,(H,37,43)(H,38,39). The molecule has 1 aliphatic carbocycles. The van der Waals surface area contributed by atoms with Crippen molar-refractivity contribution in [2.45, 2.75) is 25.8 Å². The second-order valence-electron chi connectivity index (χ2n) is 10.7. The monoisotopic (exact) mass is 615 g/mol. The number of amides is 1. The number of para-hydroxylation sites is 1. The number of aryl methyl sites for hydroxylation is 3. The molecule has 11 nitrogen and oxygen atoms in total. The molecule has 45 heavy (non-hydrogen) atoms. The molecule has 0 saturated carbocycles. The van der Waals surface area contributed by atoms with Crippen LogP contribution in [0, 0.1) is 11.8 Å². The van der Waals surface area contributed by atoms with Gasteiger partial charge in [-0.25, -0.2) is 14.2 Å². The molecular formula is C33H29N9O2S. The molecule has 1 amide bonds. The molecule has 3 N–H and O–H groups in total. The number of carbonyl (C=O) groups excluding carboxylic acids is 1. The first-order valence-electron chi connectivity index (χ1n) is 14.5. The Balaban J connectivity index is 1.39. The van der Waals surface area contributed by atoms with Crippen LogP contribution >= 0.6 is 12.1 Å². The second kappa shape index (κ2) is 11.6. The van der Waals surface area contributed by atoms with Crippen molar-refractivity contribution < 1.29 is 4.79 Å². The fourth-order valence-electron chi connectivity index (χ4n) is 6.04. The van der Waals surface area contributed by atoms with Crippen LogP contribution in [0.1, 0.15) is 51.3 Å². The van der Waals surface area contributed by atoms with Gasteiger partial charge in [0.25, 0.3) is 11.5 Å². The van der Waals surface area contributed by atoms with Crippen LogP contribution in [0.3, 0.4) is 0 Å². The van der Waals surface area contributed by atoms with Crippen molar-refractivity contribution in [2.24, 2.45) is 7.05 Å². The third kappa shape index (κ3) is 5.02. The van der Waals surface area contributed by atoms with Crippen molar-refractivity contribution in [3.8, 4) is 17.5 Å². The topological polar surface area (TPSA) is 123 Å². The first-order chi connectivity index (χ1) is 21.9. The van der Waals surface area contributed by atoms with E-state index in [4.69, 9.17) is 0 Å². The summed E-state index contributed by atoms with van der Waals surface area (Å²) in [6.45, 7) is 1.91. The van der Waals surface area contributed by atoms with Crippen molar-refractivity contribution >= 4 is 40.3 Å². The van der Waals surface area contributed by atoms with E-state index in [1.165, 1.54) is 12.1 Å². The molecule has 6 aromatic rings. The highest BCUT2D eigenvalue weighted by atomic mass is 32.2. The molecule has 0 radical (unpaired) electrons. The lowest BCUT2D eigenvalue weighted by Crippen LogP contribution is -2.33. The fraction of sp³-hybridized carbons (Fsp3) is 0.182. The SMILES string of the molecule is CNSNc1nn2cccnc2c1C(=O)NC(C)c1c2c3c(ccc(C#Cc4cnn(C)c4)c3c(=O)n1-c1ccccc1)CC2. The zero-order chi connectivity index (χ0) is 31.1. The van der Waals surface area contributed by atoms with Gasteiger partial charge in [0.1, 0.15) is 5.56 Å². The van der Waals surface area contributed by atoms with Gasteiger partial charge in [-0.15, -0.1) is 5.10 Å². The van der Waals surface area contributed by atoms with E-state index in [1.54, 1.807) is 45.5 Å². The predicted molar refractivity (Wildman–Crippen MR) is 175 cm³/mol. The van der Waals surface area contributed by atoms with Gasteiger partial charge >= 0.3 is 0 Å². The molecule has 0 aliphatic heterocycles. The third-order valence-electron chi connectivity index (χ3n) is 7.90. The summed E-state index contributed by atoms with van der Waals surface area (Å²) in [5.41, 5.74) is 5.57. The molecule has 4 heterocycles. The van der Waals surface area contributed by atoms with Gasteiger partial charge in [-0.3, -0.25) is 23.6 Å². The minimum Gasteiger partial charge on any atom is -0.344 e. The highest BCUT2D eigenvalue weighted by molar-refractivity contribution is 7.98. The highest BCUT2D eigenvalue weighted by Crippen LogP contribution is 2.36. The minimum absolute atomic E-state index is 0.180. The Kier molecular flexibility index (Phi) is 7.32. The smallest absolute Gasteiger partial charge is 0.264 e. The van der Waals surface area contributed by atoms with E-state index in [2.05, 4.69) is 47.8 Å². The Morgan fingerprint density at radius 3 is 2.69 bits per heavy atom. The Morgan fingerprint density at radius 1 is 1.07 bits per heavy atom. The van der Waals surface area contributed by atoms with Gasteiger partial charge in [-0.05, 0) is 67.6 Å². The van der Waals surface area contributed by atoms with Gasteiger partial charge in [-0.2, -0.15) is 5.10 Å². The number of anilines is 1. The van der Waals surface area contributed by atoms with Crippen molar-refractivity contribution in [1.82, 2.24) is 39.0 Å². The summed E-state index contributed by atoms with van der Waals surface area (Å²) >= 11 is 1.20. The molecule has 1 atom stereocenters. The van der Waals surface area contributed by atoms with E-state index >= 15 is 0 Å². The van der Waals surface area contributed by atoms with E-state index in [0.29, 0.717) is 33.7 Å². The van der Waals surface area contributed by atoms with Crippen LogP contribution in [0.4, 0.5) is 5.82 Å². The number of fused-ring (bicyclic) bond motifs is 1.